The fraction of sp³-hybridized carbons (Fsp3) is 1.00. The summed E-state index contributed by atoms with van der Waals surface area (Å²) in [5.74, 6) is -1.43. The molecular formula is C7H16O3. The third-order valence-electron chi connectivity index (χ3n) is 1.62. The summed E-state index contributed by atoms with van der Waals surface area (Å²) in [4.78, 5) is 0. The monoisotopic (exact) mass is 148 g/mol. The molecule has 10 heavy (non-hydrogen) atoms. The second-order valence-corrected chi connectivity index (χ2v) is 2.57. The Labute approximate surface area is 61.6 Å². The van der Waals surface area contributed by atoms with Crippen LogP contribution in [0.15, 0.2) is 0 Å². The van der Waals surface area contributed by atoms with Crippen LogP contribution in [0.4, 0.5) is 0 Å². The molecule has 0 aromatic rings. The minimum Gasteiger partial charge on any atom is -0.396 e. The van der Waals surface area contributed by atoms with E-state index in [4.69, 9.17) is 9.84 Å². The van der Waals surface area contributed by atoms with Crippen molar-refractivity contribution in [1.29, 1.82) is 0 Å². The standard InChI is InChI=1S/C7H16O3/c1-4-10-7(3,9)6(2)5-8/h6,8-9H,4-5H2,1-3H3. The molecule has 0 rings (SSSR count). The molecule has 2 atom stereocenters. The molecule has 0 aliphatic rings. The number of hydrogen-bond acceptors (Lipinski definition) is 3. The SMILES string of the molecule is CCOC(C)(O)C(C)CO. The number of ether oxygens (including phenoxy) is 1. The smallest absolute Gasteiger partial charge is 0.167 e. The van der Waals surface area contributed by atoms with Crippen LogP contribution in [-0.2, 0) is 4.74 Å². The third kappa shape index (κ3) is 2.64. The van der Waals surface area contributed by atoms with Crippen molar-refractivity contribution in [3.05, 3.63) is 0 Å². The topological polar surface area (TPSA) is 49.7 Å². The van der Waals surface area contributed by atoms with Crippen LogP contribution in [0.1, 0.15) is 20.8 Å². The first kappa shape index (κ1) is 9.88. The molecule has 0 amide bonds. The first-order valence-corrected chi connectivity index (χ1v) is 3.51. The Hall–Kier alpha value is -0.120. The lowest BCUT2D eigenvalue weighted by Gasteiger charge is -2.28. The molecule has 0 bridgehead atoms. The van der Waals surface area contributed by atoms with E-state index in [1.807, 2.05) is 0 Å². The predicted molar refractivity (Wildman–Crippen MR) is 38.5 cm³/mol. The van der Waals surface area contributed by atoms with Crippen molar-refractivity contribution in [1.82, 2.24) is 0 Å². The molecule has 3 nitrogen and oxygen atoms in total. The molecule has 0 saturated carbocycles. The fourth-order valence-electron chi connectivity index (χ4n) is 0.604. The van der Waals surface area contributed by atoms with Crippen LogP contribution in [-0.4, -0.2) is 29.2 Å². The van der Waals surface area contributed by atoms with Crippen LogP contribution in [0.3, 0.4) is 0 Å². The van der Waals surface area contributed by atoms with Crippen molar-refractivity contribution in [2.75, 3.05) is 13.2 Å². The van der Waals surface area contributed by atoms with Gasteiger partial charge in [0.25, 0.3) is 0 Å². The molecule has 62 valence electrons. The molecule has 0 aliphatic carbocycles. The Bertz CT molecular complexity index is 90.9. The molecule has 2 unspecified atom stereocenters. The number of aliphatic hydroxyl groups excluding tert-OH is 1. The summed E-state index contributed by atoms with van der Waals surface area (Å²) in [6.45, 7) is 5.48. The van der Waals surface area contributed by atoms with Gasteiger partial charge in [0.1, 0.15) is 0 Å². The zero-order valence-corrected chi connectivity index (χ0v) is 6.79. The van der Waals surface area contributed by atoms with E-state index >= 15 is 0 Å². The van der Waals surface area contributed by atoms with Crippen molar-refractivity contribution in [3.8, 4) is 0 Å². The zero-order chi connectivity index (χ0) is 8.20. The quantitative estimate of drug-likeness (QED) is 0.566. The van der Waals surface area contributed by atoms with Crippen LogP contribution >= 0.6 is 0 Å². The zero-order valence-electron chi connectivity index (χ0n) is 6.79. The highest BCUT2D eigenvalue weighted by atomic mass is 16.6. The van der Waals surface area contributed by atoms with Gasteiger partial charge in [-0.05, 0) is 13.8 Å². The second kappa shape index (κ2) is 3.91. The van der Waals surface area contributed by atoms with Crippen molar-refractivity contribution in [2.24, 2.45) is 5.92 Å². The molecule has 0 aromatic carbocycles. The van der Waals surface area contributed by atoms with E-state index in [9.17, 15) is 5.11 Å². The summed E-state index contributed by atoms with van der Waals surface area (Å²) in [6, 6.07) is 0. The minimum absolute atomic E-state index is 0.0625. The van der Waals surface area contributed by atoms with Crippen molar-refractivity contribution >= 4 is 0 Å². The van der Waals surface area contributed by atoms with E-state index < -0.39 is 5.79 Å². The molecule has 0 spiro atoms. The van der Waals surface area contributed by atoms with Crippen LogP contribution in [0.2, 0.25) is 0 Å². The minimum atomic E-state index is -1.19. The molecule has 0 aliphatic heterocycles. The van der Waals surface area contributed by atoms with Crippen LogP contribution in [0.5, 0.6) is 0 Å². The number of aliphatic hydroxyl groups is 2. The lowest BCUT2D eigenvalue weighted by atomic mass is 10.0. The molecule has 0 radical (unpaired) electrons. The maximum absolute atomic E-state index is 9.40. The Morgan fingerprint density at radius 3 is 2.40 bits per heavy atom. The first-order valence-electron chi connectivity index (χ1n) is 3.51. The summed E-state index contributed by atoms with van der Waals surface area (Å²) in [7, 11) is 0. The van der Waals surface area contributed by atoms with Crippen LogP contribution in [0, 0.1) is 5.92 Å². The Morgan fingerprint density at radius 2 is 2.10 bits per heavy atom. The van der Waals surface area contributed by atoms with E-state index in [0.29, 0.717) is 6.61 Å². The van der Waals surface area contributed by atoms with Gasteiger partial charge in [0, 0.05) is 12.5 Å². The summed E-state index contributed by atoms with van der Waals surface area (Å²) >= 11 is 0. The lowest BCUT2D eigenvalue weighted by Crippen LogP contribution is -2.37. The van der Waals surface area contributed by atoms with Gasteiger partial charge in [-0.25, -0.2) is 0 Å². The van der Waals surface area contributed by atoms with Crippen LogP contribution < -0.4 is 0 Å². The highest BCUT2D eigenvalue weighted by molar-refractivity contribution is 4.67. The Balaban J connectivity index is 3.82. The molecule has 0 saturated heterocycles. The van der Waals surface area contributed by atoms with Gasteiger partial charge in [0.2, 0.25) is 0 Å². The summed E-state index contributed by atoms with van der Waals surface area (Å²) in [5, 5.41) is 18.1. The van der Waals surface area contributed by atoms with Crippen molar-refractivity contribution < 1.29 is 14.9 Å². The van der Waals surface area contributed by atoms with E-state index in [0.717, 1.165) is 0 Å². The van der Waals surface area contributed by atoms with Gasteiger partial charge >= 0.3 is 0 Å². The highest BCUT2D eigenvalue weighted by Gasteiger charge is 2.27. The summed E-state index contributed by atoms with van der Waals surface area (Å²) in [6.07, 6.45) is 0. The Kier molecular flexibility index (Phi) is 3.86. The predicted octanol–water partition coefficient (Wildman–Crippen LogP) is 0.360. The molecule has 0 aromatic heterocycles. The normalized spacial score (nSPS) is 20.1. The second-order valence-electron chi connectivity index (χ2n) is 2.57. The maximum atomic E-state index is 9.40. The van der Waals surface area contributed by atoms with E-state index in [2.05, 4.69) is 0 Å². The highest BCUT2D eigenvalue weighted by Crippen LogP contribution is 2.16. The van der Waals surface area contributed by atoms with Crippen molar-refractivity contribution in [2.45, 2.75) is 26.6 Å². The van der Waals surface area contributed by atoms with Gasteiger partial charge in [-0.3, -0.25) is 0 Å². The van der Waals surface area contributed by atoms with E-state index in [1.165, 1.54) is 0 Å². The Morgan fingerprint density at radius 1 is 1.60 bits per heavy atom. The summed E-state index contributed by atoms with van der Waals surface area (Å²) in [5.41, 5.74) is 0. The molecule has 3 heteroatoms. The van der Waals surface area contributed by atoms with Gasteiger partial charge < -0.3 is 14.9 Å². The number of rotatable bonds is 4. The molecule has 0 fully saturated rings. The molecule has 2 N–H and O–H groups in total. The molecular weight excluding hydrogens is 132 g/mol. The van der Waals surface area contributed by atoms with Gasteiger partial charge in [-0.2, -0.15) is 0 Å². The average Bonchev–Trinajstić information content (AvgIpc) is 1.86. The van der Waals surface area contributed by atoms with E-state index in [-0.39, 0.29) is 12.5 Å². The number of hydrogen-bond donors (Lipinski definition) is 2. The lowest BCUT2D eigenvalue weighted by molar-refractivity contribution is -0.223. The van der Waals surface area contributed by atoms with Gasteiger partial charge in [-0.15, -0.1) is 0 Å². The average molecular weight is 148 g/mol. The first-order chi connectivity index (χ1) is 4.54. The van der Waals surface area contributed by atoms with Gasteiger partial charge in [0.15, 0.2) is 5.79 Å². The van der Waals surface area contributed by atoms with Gasteiger partial charge in [-0.1, -0.05) is 6.92 Å². The van der Waals surface area contributed by atoms with E-state index in [1.54, 1.807) is 20.8 Å². The van der Waals surface area contributed by atoms with Crippen LogP contribution in [0.25, 0.3) is 0 Å². The maximum Gasteiger partial charge on any atom is 0.167 e. The van der Waals surface area contributed by atoms with Gasteiger partial charge in [0.05, 0.1) is 6.61 Å². The third-order valence-corrected chi connectivity index (χ3v) is 1.62. The van der Waals surface area contributed by atoms with Crippen molar-refractivity contribution in [3.63, 3.8) is 0 Å². The largest absolute Gasteiger partial charge is 0.396 e. The summed E-state index contributed by atoms with van der Waals surface area (Å²) < 4.78 is 4.98. The fourth-order valence-corrected chi connectivity index (χ4v) is 0.604. The molecule has 0 heterocycles.